The van der Waals surface area contributed by atoms with Gasteiger partial charge in [-0.3, -0.25) is 19.7 Å². The van der Waals surface area contributed by atoms with Crippen LogP contribution in [0.3, 0.4) is 0 Å². The Morgan fingerprint density at radius 3 is 2.29 bits per heavy atom. The Bertz CT molecular complexity index is 1010. The van der Waals surface area contributed by atoms with Crippen LogP contribution in [-0.4, -0.2) is 30.8 Å². The molecule has 1 N–H and O–H groups in total. The molecule has 4 aromatic rings. The number of rotatable bonds is 5. The molecule has 4 heterocycles. The van der Waals surface area contributed by atoms with E-state index in [1.165, 1.54) is 0 Å². The van der Waals surface area contributed by atoms with E-state index < -0.39 is 0 Å². The summed E-state index contributed by atoms with van der Waals surface area (Å²) in [6.45, 7) is 0. The van der Waals surface area contributed by atoms with Gasteiger partial charge >= 0.3 is 0 Å². The summed E-state index contributed by atoms with van der Waals surface area (Å²) in [6, 6.07) is 16.4. The van der Waals surface area contributed by atoms with Crippen molar-refractivity contribution in [2.45, 2.75) is 6.42 Å². The number of nitrogens with one attached hydrogen (secondary N) is 1. The first-order chi connectivity index (χ1) is 13.8. The molecule has 0 atom stereocenters. The minimum Gasteiger partial charge on any atom is -0.310 e. The number of nitrogens with zero attached hydrogens (tertiary/aromatic N) is 5. The standard InChI is InChI=1S/C21H16N6O/c28-20(12-15-6-5-9-22-14-15)26-19-13-18(16-7-1-3-10-23-16)25-21(27-19)17-8-2-4-11-24-17/h1-11,13-14H,12H2,(H,25,26,27,28). The van der Waals surface area contributed by atoms with E-state index in [4.69, 9.17) is 0 Å². The summed E-state index contributed by atoms with van der Waals surface area (Å²) in [4.78, 5) is 34.2. The highest BCUT2D eigenvalue weighted by molar-refractivity contribution is 5.92. The second-order valence-corrected chi connectivity index (χ2v) is 5.98. The molecule has 4 aromatic heterocycles. The molecule has 0 aliphatic rings. The van der Waals surface area contributed by atoms with Crippen LogP contribution in [0.2, 0.25) is 0 Å². The second kappa shape index (κ2) is 8.13. The fourth-order valence-corrected chi connectivity index (χ4v) is 2.64. The maximum Gasteiger partial charge on any atom is 0.230 e. The summed E-state index contributed by atoms with van der Waals surface area (Å²) in [5.41, 5.74) is 2.73. The lowest BCUT2D eigenvalue weighted by molar-refractivity contribution is -0.115. The monoisotopic (exact) mass is 368 g/mol. The molecule has 28 heavy (non-hydrogen) atoms. The molecule has 136 valence electrons. The average Bonchev–Trinajstić information content (AvgIpc) is 2.75. The molecule has 0 bridgehead atoms. The van der Waals surface area contributed by atoms with Crippen LogP contribution in [0.25, 0.3) is 22.9 Å². The smallest absolute Gasteiger partial charge is 0.230 e. The van der Waals surface area contributed by atoms with Crippen LogP contribution in [-0.2, 0) is 11.2 Å². The van der Waals surface area contributed by atoms with Gasteiger partial charge in [0.2, 0.25) is 5.91 Å². The Morgan fingerprint density at radius 1 is 0.821 bits per heavy atom. The Labute approximate surface area is 161 Å². The average molecular weight is 368 g/mol. The molecule has 0 spiro atoms. The molecule has 0 radical (unpaired) electrons. The van der Waals surface area contributed by atoms with E-state index in [1.54, 1.807) is 36.9 Å². The number of hydrogen-bond acceptors (Lipinski definition) is 6. The van der Waals surface area contributed by atoms with Crippen LogP contribution in [0.4, 0.5) is 5.82 Å². The number of anilines is 1. The van der Waals surface area contributed by atoms with Gasteiger partial charge in [-0.15, -0.1) is 0 Å². The van der Waals surface area contributed by atoms with Crippen molar-refractivity contribution in [3.63, 3.8) is 0 Å². The van der Waals surface area contributed by atoms with Gasteiger partial charge in [0.1, 0.15) is 11.5 Å². The van der Waals surface area contributed by atoms with E-state index in [2.05, 4.69) is 30.2 Å². The Balaban J connectivity index is 1.67. The van der Waals surface area contributed by atoms with Crippen LogP contribution in [0.1, 0.15) is 5.56 Å². The molecular formula is C21H16N6O. The quantitative estimate of drug-likeness (QED) is 0.581. The van der Waals surface area contributed by atoms with Crippen molar-refractivity contribution >= 4 is 11.7 Å². The lowest BCUT2D eigenvalue weighted by Gasteiger charge is -2.09. The van der Waals surface area contributed by atoms with E-state index in [0.29, 0.717) is 28.7 Å². The fraction of sp³-hybridized carbons (Fsp3) is 0.0476. The van der Waals surface area contributed by atoms with E-state index >= 15 is 0 Å². The summed E-state index contributed by atoms with van der Waals surface area (Å²) in [7, 11) is 0. The first kappa shape index (κ1) is 17.4. The van der Waals surface area contributed by atoms with Gasteiger partial charge in [-0.1, -0.05) is 18.2 Å². The van der Waals surface area contributed by atoms with Gasteiger partial charge in [-0.2, -0.15) is 0 Å². The number of amides is 1. The lowest BCUT2D eigenvalue weighted by Crippen LogP contribution is -2.16. The van der Waals surface area contributed by atoms with E-state index in [-0.39, 0.29) is 12.3 Å². The zero-order valence-corrected chi connectivity index (χ0v) is 14.9. The molecule has 4 rings (SSSR count). The minimum absolute atomic E-state index is 0.189. The summed E-state index contributed by atoms with van der Waals surface area (Å²) >= 11 is 0. The Hall–Kier alpha value is -4.00. The zero-order chi connectivity index (χ0) is 19.2. The predicted molar refractivity (Wildman–Crippen MR) is 105 cm³/mol. The highest BCUT2D eigenvalue weighted by Gasteiger charge is 2.12. The van der Waals surface area contributed by atoms with Gasteiger partial charge in [0.05, 0.1) is 17.8 Å². The van der Waals surface area contributed by atoms with Crippen molar-refractivity contribution in [3.8, 4) is 22.9 Å². The van der Waals surface area contributed by atoms with E-state index in [9.17, 15) is 4.79 Å². The maximum absolute atomic E-state index is 12.4. The number of carbonyl (C=O) groups excluding carboxylic acids is 1. The highest BCUT2D eigenvalue weighted by atomic mass is 16.1. The molecule has 7 heteroatoms. The first-order valence-electron chi connectivity index (χ1n) is 8.68. The van der Waals surface area contributed by atoms with E-state index in [1.807, 2.05) is 42.5 Å². The predicted octanol–water partition coefficient (Wildman–Crippen LogP) is 3.18. The number of hydrogen-bond donors (Lipinski definition) is 1. The largest absolute Gasteiger partial charge is 0.310 e. The second-order valence-electron chi connectivity index (χ2n) is 5.98. The minimum atomic E-state index is -0.189. The van der Waals surface area contributed by atoms with Crippen LogP contribution in [0.15, 0.2) is 79.4 Å². The molecule has 1 amide bonds. The highest BCUT2D eigenvalue weighted by Crippen LogP contribution is 2.22. The van der Waals surface area contributed by atoms with Gasteiger partial charge in [0.15, 0.2) is 5.82 Å². The number of carbonyl (C=O) groups is 1. The van der Waals surface area contributed by atoms with Crippen LogP contribution in [0, 0.1) is 0 Å². The summed E-state index contributed by atoms with van der Waals surface area (Å²) < 4.78 is 0. The molecule has 7 nitrogen and oxygen atoms in total. The molecule has 0 saturated heterocycles. The summed E-state index contributed by atoms with van der Waals surface area (Å²) in [5.74, 6) is 0.622. The zero-order valence-electron chi connectivity index (χ0n) is 14.9. The lowest BCUT2D eigenvalue weighted by atomic mass is 10.2. The van der Waals surface area contributed by atoms with Crippen molar-refractivity contribution in [3.05, 3.63) is 84.9 Å². The molecule has 0 unspecified atom stereocenters. The van der Waals surface area contributed by atoms with Gasteiger partial charge in [-0.25, -0.2) is 9.97 Å². The third-order valence-electron chi connectivity index (χ3n) is 3.90. The summed E-state index contributed by atoms with van der Waals surface area (Å²) in [5, 5.41) is 2.84. The Kier molecular flexibility index (Phi) is 5.06. The van der Waals surface area contributed by atoms with Crippen molar-refractivity contribution < 1.29 is 4.79 Å². The molecule has 0 aliphatic heterocycles. The first-order valence-corrected chi connectivity index (χ1v) is 8.68. The number of pyridine rings is 3. The van der Waals surface area contributed by atoms with Crippen LogP contribution in [0.5, 0.6) is 0 Å². The normalized spacial score (nSPS) is 10.4. The van der Waals surface area contributed by atoms with Gasteiger partial charge < -0.3 is 5.32 Å². The van der Waals surface area contributed by atoms with Crippen LogP contribution >= 0.6 is 0 Å². The van der Waals surface area contributed by atoms with Gasteiger partial charge in [-0.05, 0) is 35.9 Å². The third kappa shape index (κ3) is 4.21. The van der Waals surface area contributed by atoms with Crippen LogP contribution < -0.4 is 5.32 Å². The number of aromatic nitrogens is 5. The molecule has 0 saturated carbocycles. The third-order valence-corrected chi connectivity index (χ3v) is 3.90. The van der Waals surface area contributed by atoms with Gasteiger partial charge in [0, 0.05) is 30.9 Å². The van der Waals surface area contributed by atoms with Crippen molar-refractivity contribution in [2.24, 2.45) is 0 Å². The SMILES string of the molecule is O=C(Cc1cccnc1)Nc1cc(-c2ccccn2)nc(-c2ccccn2)n1. The summed E-state index contributed by atoms with van der Waals surface area (Å²) in [6.07, 6.45) is 6.91. The van der Waals surface area contributed by atoms with E-state index in [0.717, 1.165) is 5.56 Å². The molecule has 0 aliphatic carbocycles. The maximum atomic E-state index is 12.4. The fourth-order valence-electron chi connectivity index (χ4n) is 2.64. The molecule has 0 aromatic carbocycles. The van der Waals surface area contributed by atoms with Gasteiger partial charge in [0.25, 0.3) is 0 Å². The topological polar surface area (TPSA) is 93.6 Å². The van der Waals surface area contributed by atoms with Crippen molar-refractivity contribution in [1.29, 1.82) is 0 Å². The Morgan fingerprint density at radius 2 is 1.61 bits per heavy atom. The molecular weight excluding hydrogens is 352 g/mol. The molecule has 0 fully saturated rings. The van der Waals surface area contributed by atoms with Crippen molar-refractivity contribution in [2.75, 3.05) is 5.32 Å². The van der Waals surface area contributed by atoms with Crippen molar-refractivity contribution in [1.82, 2.24) is 24.9 Å².